The molecule has 2 aromatic heterocycles. The first-order valence-corrected chi connectivity index (χ1v) is 9.63. The number of hydrogen-bond acceptors (Lipinski definition) is 2. The van der Waals surface area contributed by atoms with E-state index in [0.29, 0.717) is 11.3 Å². The highest BCUT2D eigenvalue weighted by Crippen LogP contribution is 2.27. The van der Waals surface area contributed by atoms with Crippen molar-refractivity contribution in [1.29, 1.82) is 0 Å². The van der Waals surface area contributed by atoms with Gasteiger partial charge < -0.3 is 9.88 Å². The van der Waals surface area contributed by atoms with Gasteiger partial charge in [0.25, 0.3) is 5.91 Å². The number of aryl methyl sites for hydroxylation is 4. The van der Waals surface area contributed by atoms with E-state index in [9.17, 15) is 4.79 Å². The third-order valence-corrected chi connectivity index (χ3v) is 5.03. The summed E-state index contributed by atoms with van der Waals surface area (Å²) in [5.41, 5.74) is 6.27. The lowest BCUT2D eigenvalue weighted by molar-refractivity contribution is 0.102. The Hall–Kier alpha value is -3.60. The summed E-state index contributed by atoms with van der Waals surface area (Å²) in [5.74, 6) is 0.557. The van der Waals surface area contributed by atoms with Gasteiger partial charge in [0.1, 0.15) is 5.56 Å². The first kappa shape index (κ1) is 18.7. The molecule has 0 spiro atoms. The van der Waals surface area contributed by atoms with Gasteiger partial charge >= 0.3 is 0 Å². The molecule has 0 aliphatic carbocycles. The highest BCUT2D eigenvalue weighted by molar-refractivity contribution is 6.08. The molecule has 0 fully saturated rings. The number of carbonyl (C=O) groups excluding carboxylic acids is 1. The van der Waals surface area contributed by atoms with E-state index >= 15 is 0 Å². The third kappa shape index (κ3) is 3.47. The summed E-state index contributed by atoms with van der Waals surface area (Å²) in [5, 5.41) is 7.82. The molecule has 146 valence electrons. The molecule has 4 aromatic rings. The molecule has 0 aliphatic heterocycles. The molecule has 0 saturated heterocycles. The predicted molar refractivity (Wildman–Crippen MR) is 116 cm³/mol. The molecule has 29 heavy (non-hydrogen) atoms. The maximum atomic E-state index is 13.4. The van der Waals surface area contributed by atoms with Crippen LogP contribution < -0.4 is 5.32 Å². The van der Waals surface area contributed by atoms with E-state index in [1.807, 2.05) is 84.9 Å². The molecule has 4 rings (SSSR count). The van der Waals surface area contributed by atoms with Crippen LogP contribution in [0, 0.1) is 27.7 Å². The van der Waals surface area contributed by atoms with E-state index in [1.54, 1.807) is 0 Å². The van der Waals surface area contributed by atoms with Gasteiger partial charge in [0, 0.05) is 18.1 Å². The van der Waals surface area contributed by atoms with Crippen molar-refractivity contribution >= 4 is 11.6 Å². The van der Waals surface area contributed by atoms with E-state index in [0.717, 1.165) is 28.3 Å². The van der Waals surface area contributed by atoms with E-state index < -0.39 is 0 Å². The standard InChI is InChI=1S/C24H24N4O/c1-16-14-17(2)22(18(3)15-16)25-23(29)21-19(4)26-28(20-10-6-5-7-11-20)24(21)27-12-8-9-13-27/h5-15H,1-4H3,(H,25,29). The lowest BCUT2D eigenvalue weighted by Gasteiger charge is -2.14. The molecular formula is C24H24N4O. The molecule has 1 amide bonds. The van der Waals surface area contributed by atoms with Crippen LogP contribution in [0.4, 0.5) is 5.69 Å². The van der Waals surface area contributed by atoms with Crippen LogP contribution >= 0.6 is 0 Å². The van der Waals surface area contributed by atoms with Crippen LogP contribution in [0.1, 0.15) is 32.7 Å². The fourth-order valence-corrected chi connectivity index (χ4v) is 3.80. The topological polar surface area (TPSA) is 51.9 Å². The van der Waals surface area contributed by atoms with Crippen molar-refractivity contribution in [3.63, 3.8) is 0 Å². The summed E-state index contributed by atoms with van der Waals surface area (Å²) in [7, 11) is 0. The van der Waals surface area contributed by atoms with Crippen molar-refractivity contribution < 1.29 is 4.79 Å². The molecule has 5 heteroatoms. The first-order valence-electron chi connectivity index (χ1n) is 9.63. The summed E-state index contributed by atoms with van der Waals surface area (Å²) in [6.07, 6.45) is 3.85. The fraction of sp³-hybridized carbons (Fsp3) is 0.167. The van der Waals surface area contributed by atoms with Gasteiger partial charge in [-0.1, -0.05) is 35.9 Å². The summed E-state index contributed by atoms with van der Waals surface area (Å²) in [6.45, 7) is 7.96. The van der Waals surface area contributed by atoms with E-state index in [4.69, 9.17) is 5.10 Å². The highest BCUT2D eigenvalue weighted by atomic mass is 16.1. The number of nitrogens with zero attached hydrogens (tertiary/aromatic N) is 3. The Labute approximate surface area is 170 Å². The van der Waals surface area contributed by atoms with Crippen LogP contribution in [-0.4, -0.2) is 20.3 Å². The fourth-order valence-electron chi connectivity index (χ4n) is 3.80. The normalized spacial score (nSPS) is 10.9. The molecule has 2 aromatic carbocycles. The second kappa shape index (κ2) is 7.43. The van der Waals surface area contributed by atoms with Crippen LogP contribution in [0.2, 0.25) is 0 Å². The molecule has 0 aliphatic rings. The average molecular weight is 384 g/mol. The number of benzene rings is 2. The van der Waals surface area contributed by atoms with Crippen molar-refractivity contribution in [1.82, 2.24) is 14.3 Å². The van der Waals surface area contributed by atoms with Crippen LogP contribution in [0.5, 0.6) is 0 Å². The molecule has 0 saturated carbocycles. The first-order chi connectivity index (χ1) is 14.0. The Morgan fingerprint density at radius 2 is 1.52 bits per heavy atom. The van der Waals surface area contributed by atoms with Crippen molar-refractivity contribution in [3.05, 3.63) is 94.9 Å². The minimum absolute atomic E-state index is 0.163. The second-order valence-electron chi connectivity index (χ2n) is 7.35. The maximum absolute atomic E-state index is 13.4. The number of aromatic nitrogens is 3. The summed E-state index contributed by atoms with van der Waals surface area (Å²) >= 11 is 0. The van der Waals surface area contributed by atoms with Gasteiger partial charge in [-0.05, 0) is 63.1 Å². The number of carbonyl (C=O) groups is 1. The number of amides is 1. The Bertz CT molecular complexity index is 1150. The zero-order chi connectivity index (χ0) is 20.5. The van der Waals surface area contributed by atoms with Gasteiger partial charge in [-0.25, -0.2) is 4.68 Å². The van der Waals surface area contributed by atoms with Crippen LogP contribution in [-0.2, 0) is 0 Å². The van der Waals surface area contributed by atoms with Crippen molar-refractivity contribution in [2.24, 2.45) is 0 Å². The van der Waals surface area contributed by atoms with Crippen LogP contribution in [0.15, 0.2) is 67.0 Å². The zero-order valence-corrected chi connectivity index (χ0v) is 17.1. The molecule has 0 unspecified atom stereocenters. The van der Waals surface area contributed by atoms with Gasteiger partial charge in [0.2, 0.25) is 0 Å². The molecule has 2 heterocycles. The minimum Gasteiger partial charge on any atom is -0.321 e. The van der Waals surface area contributed by atoms with Gasteiger partial charge in [-0.2, -0.15) is 5.10 Å². The predicted octanol–water partition coefficient (Wildman–Crippen LogP) is 5.15. The molecule has 0 atom stereocenters. The van der Waals surface area contributed by atoms with Crippen molar-refractivity contribution in [2.75, 3.05) is 5.32 Å². The zero-order valence-electron chi connectivity index (χ0n) is 17.1. The number of nitrogens with one attached hydrogen (secondary N) is 1. The Morgan fingerprint density at radius 1 is 0.897 bits per heavy atom. The largest absolute Gasteiger partial charge is 0.321 e. The summed E-state index contributed by atoms with van der Waals surface area (Å²) in [6, 6.07) is 17.9. The van der Waals surface area contributed by atoms with Crippen LogP contribution in [0.3, 0.4) is 0 Å². The molecular weight excluding hydrogens is 360 g/mol. The Morgan fingerprint density at radius 3 is 2.14 bits per heavy atom. The van der Waals surface area contributed by atoms with Crippen LogP contribution in [0.25, 0.3) is 11.5 Å². The van der Waals surface area contributed by atoms with Crippen molar-refractivity contribution in [2.45, 2.75) is 27.7 Å². The Kier molecular flexibility index (Phi) is 4.80. The number of para-hydroxylation sites is 1. The second-order valence-corrected chi connectivity index (χ2v) is 7.35. The monoisotopic (exact) mass is 384 g/mol. The van der Waals surface area contributed by atoms with Crippen molar-refractivity contribution in [3.8, 4) is 11.5 Å². The number of hydrogen-bond donors (Lipinski definition) is 1. The minimum atomic E-state index is -0.163. The molecule has 0 radical (unpaired) electrons. The SMILES string of the molecule is Cc1cc(C)c(NC(=O)c2c(C)nn(-c3ccccc3)c2-n2cccc2)c(C)c1. The Balaban J connectivity index is 1.84. The maximum Gasteiger partial charge on any atom is 0.261 e. The highest BCUT2D eigenvalue weighted by Gasteiger charge is 2.24. The smallest absolute Gasteiger partial charge is 0.261 e. The lowest BCUT2D eigenvalue weighted by Crippen LogP contribution is -2.17. The third-order valence-electron chi connectivity index (χ3n) is 5.03. The molecule has 1 N–H and O–H groups in total. The van der Waals surface area contributed by atoms with E-state index in [2.05, 4.69) is 24.4 Å². The van der Waals surface area contributed by atoms with Gasteiger partial charge in [0.15, 0.2) is 5.82 Å². The summed E-state index contributed by atoms with van der Waals surface area (Å²) < 4.78 is 3.75. The van der Waals surface area contributed by atoms with Gasteiger partial charge in [-0.3, -0.25) is 4.79 Å². The van der Waals surface area contributed by atoms with E-state index in [1.165, 1.54) is 5.56 Å². The van der Waals surface area contributed by atoms with Gasteiger partial charge in [-0.15, -0.1) is 0 Å². The summed E-state index contributed by atoms with van der Waals surface area (Å²) in [4.78, 5) is 13.4. The van der Waals surface area contributed by atoms with E-state index in [-0.39, 0.29) is 5.91 Å². The molecule has 5 nitrogen and oxygen atoms in total. The number of anilines is 1. The van der Waals surface area contributed by atoms with Gasteiger partial charge in [0.05, 0.1) is 11.4 Å². The average Bonchev–Trinajstić information content (AvgIpc) is 3.32. The number of rotatable bonds is 4. The lowest BCUT2D eigenvalue weighted by atomic mass is 10.0. The molecule has 0 bridgehead atoms. The quantitative estimate of drug-likeness (QED) is 0.529.